The van der Waals surface area contributed by atoms with Crippen LogP contribution in [0.2, 0.25) is 0 Å². The van der Waals surface area contributed by atoms with Crippen molar-refractivity contribution in [1.29, 1.82) is 0 Å². The summed E-state index contributed by atoms with van der Waals surface area (Å²) in [6.07, 6.45) is 6.48. The van der Waals surface area contributed by atoms with Crippen molar-refractivity contribution >= 4 is 5.97 Å². The van der Waals surface area contributed by atoms with Crippen LogP contribution >= 0.6 is 0 Å². The summed E-state index contributed by atoms with van der Waals surface area (Å²) in [6, 6.07) is 17.9. The highest BCUT2D eigenvalue weighted by Gasteiger charge is 2.40. The Balaban J connectivity index is 1.45. The molecule has 0 saturated heterocycles. The van der Waals surface area contributed by atoms with Gasteiger partial charge in [0.2, 0.25) is 0 Å². The first kappa shape index (κ1) is 13.3. The third kappa shape index (κ3) is 2.45. The van der Waals surface area contributed by atoms with Gasteiger partial charge in [0, 0.05) is 0 Å². The number of esters is 1. The van der Waals surface area contributed by atoms with Crippen LogP contribution in [0.3, 0.4) is 0 Å². The number of benzene rings is 2. The van der Waals surface area contributed by atoms with Crippen LogP contribution < -0.4 is 4.74 Å². The topological polar surface area (TPSA) is 26.3 Å². The Kier molecular flexibility index (Phi) is 3.30. The standard InChI is InChI=1S/C20H18O2/c21-20(19-13-14-6-7-17(19)12-14)22-18-10-8-16(9-11-18)15-4-2-1-3-5-15/h1-11,14,17,19H,12-13H2. The first-order valence-corrected chi connectivity index (χ1v) is 7.85. The molecule has 22 heavy (non-hydrogen) atoms. The maximum Gasteiger partial charge on any atom is 0.314 e. The van der Waals surface area contributed by atoms with Crippen LogP contribution in [0.4, 0.5) is 0 Å². The Labute approximate surface area is 130 Å². The quantitative estimate of drug-likeness (QED) is 0.473. The SMILES string of the molecule is O=C(Oc1ccc(-c2ccccc2)cc1)C1CC2C=CC1C2. The van der Waals surface area contributed by atoms with E-state index in [1.165, 1.54) is 5.56 Å². The highest BCUT2D eigenvalue weighted by molar-refractivity contribution is 5.77. The van der Waals surface area contributed by atoms with E-state index in [2.05, 4.69) is 24.3 Å². The van der Waals surface area contributed by atoms with Crippen molar-refractivity contribution in [3.8, 4) is 16.9 Å². The number of hydrogen-bond donors (Lipinski definition) is 0. The Bertz CT molecular complexity index is 700. The fourth-order valence-electron chi connectivity index (χ4n) is 3.59. The van der Waals surface area contributed by atoms with Crippen LogP contribution in [0, 0.1) is 17.8 Å². The van der Waals surface area contributed by atoms with Gasteiger partial charge in [-0.15, -0.1) is 0 Å². The van der Waals surface area contributed by atoms with Gasteiger partial charge < -0.3 is 4.74 Å². The lowest BCUT2D eigenvalue weighted by Crippen LogP contribution is -2.23. The largest absolute Gasteiger partial charge is 0.426 e. The van der Waals surface area contributed by atoms with Gasteiger partial charge in [-0.1, -0.05) is 54.6 Å². The molecule has 110 valence electrons. The van der Waals surface area contributed by atoms with E-state index >= 15 is 0 Å². The van der Waals surface area contributed by atoms with Crippen LogP contribution in [0.1, 0.15) is 12.8 Å². The van der Waals surface area contributed by atoms with Crippen molar-refractivity contribution in [2.24, 2.45) is 17.8 Å². The predicted molar refractivity (Wildman–Crippen MR) is 86.4 cm³/mol. The van der Waals surface area contributed by atoms with Gasteiger partial charge in [-0.25, -0.2) is 0 Å². The molecular weight excluding hydrogens is 272 g/mol. The van der Waals surface area contributed by atoms with Crippen molar-refractivity contribution in [2.45, 2.75) is 12.8 Å². The summed E-state index contributed by atoms with van der Waals surface area (Å²) >= 11 is 0. The molecule has 3 atom stereocenters. The average Bonchev–Trinajstić information content (AvgIpc) is 3.19. The highest BCUT2D eigenvalue weighted by Crippen LogP contribution is 2.44. The third-order valence-corrected chi connectivity index (χ3v) is 4.76. The number of carbonyl (C=O) groups excluding carboxylic acids is 1. The molecule has 2 aromatic rings. The predicted octanol–water partition coefficient (Wildman–Crippen LogP) is 4.47. The Hall–Kier alpha value is -2.35. The Morgan fingerprint density at radius 1 is 0.864 bits per heavy atom. The van der Waals surface area contributed by atoms with Gasteiger partial charge >= 0.3 is 5.97 Å². The number of rotatable bonds is 3. The maximum atomic E-state index is 12.3. The minimum atomic E-state index is -0.0793. The van der Waals surface area contributed by atoms with Crippen molar-refractivity contribution in [3.63, 3.8) is 0 Å². The van der Waals surface area contributed by atoms with Gasteiger partial charge in [-0.2, -0.15) is 0 Å². The van der Waals surface area contributed by atoms with Crippen LogP contribution in [0.25, 0.3) is 11.1 Å². The molecule has 0 N–H and O–H groups in total. The normalized spacial score (nSPS) is 25.4. The summed E-state index contributed by atoms with van der Waals surface area (Å²) in [5, 5.41) is 0. The van der Waals surface area contributed by atoms with E-state index in [1.807, 2.05) is 42.5 Å². The van der Waals surface area contributed by atoms with Crippen molar-refractivity contribution in [2.75, 3.05) is 0 Å². The molecule has 4 rings (SSSR count). The first-order chi connectivity index (χ1) is 10.8. The van der Waals surface area contributed by atoms with Gasteiger partial charge in [0.1, 0.15) is 5.75 Å². The summed E-state index contributed by atoms with van der Waals surface area (Å²) in [6.45, 7) is 0. The summed E-state index contributed by atoms with van der Waals surface area (Å²) in [5.74, 6) is 1.58. The molecule has 0 aliphatic heterocycles. The molecule has 0 spiro atoms. The molecule has 0 heterocycles. The highest BCUT2D eigenvalue weighted by atomic mass is 16.5. The summed E-state index contributed by atoms with van der Waals surface area (Å²) in [5.41, 5.74) is 2.29. The molecule has 0 aromatic heterocycles. The van der Waals surface area contributed by atoms with Crippen LogP contribution in [-0.4, -0.2) is 5.97 Å². The van der Waals surface area contributed by atoms with Gasteiger partial charge in [-0.05, 0) is 47.9 Å². The van der Waals surface area contributed by atoms with E-state index in [4.69, 9.17) is 4.74 Å². The van der Waals surface area contributed by atoms with Crippen molar-refractivity contribution < 1.29 is 9.53 Å². The molecular formula is C20H18O2. The fraction of sp³-hybridized carbons (Fsp3) is 0.250. The number of hydrogen-bond acceptors (Lipinski definition) is 2. The maximum absolute atomic E-state index is 12.3. The second-order valence-corrected chi connectivity index (χ2v) is 6.20. The first-order valence-electron chi connectivity index (χ1n) is 7.85. The summed E-state index contributed by atoms with van der Waals surface area (Å²) < 4.78 is 5.57. The number of carbonyl (C=O) groups is 1. The molecule has 2 aromatic carbocycles. The number of ether oxygens (including phenoxy) is 1. The fourth-order valence-corrected chi connectivity index (χ4v) is 3.59. The monoisotopic (exact) mass is 290 g/mol. The molecule has 3 unspecified atom stereocenters. The summed E-state index contributed by atoms with van der Waals surface area (Å²) in [4.78, 5) is 12.3. The van der Waals surface area contributed by atoms with Gasteiger partial charge in [0.25, 0.3) is 0 Å². The smallest absolute Gasteiger partial charge is 0.314 e. The number of allylic oxidation sites excluding steroid dienone is 2. The average molecular weight is 290 g/mol. The van der Waals surface area contributed by atoms with Crippen LogP contribution in [-0.2, 0) is 4.79 Å². The zero-order chi connectivity index (χ0) is 14.9. The lowest BCUT2D eigenvalue weighted by molar-refractivity contribution is -0.139. The zero-order valence-electron chi connectivity index (χ0n) is 12.3. The van der Waals surface area contributed by atoms with E-state index < -0.39 is 0 Å². The molecule has 2 nitrogen and oxygen atoms in total. The van der Waals surface area contributed by atoms with E-state index in [0.717, 1.165) is 18.4 Å². The lowest BCUT2D eigenvalue weighted by atomic mass is 9.94. The van der Waals surface area contributed by atoms with E-state index in [9.17, 15) is 4.79 Å². The van der Waals surface area contributed by atoms with E-state index in [1.54, 1.807) is 0 Å². The number of fused-ring (bicyclic) bond motifs is 2. The Morgan fingerprint density at radius 3 is 2.23 bits per heavy atom. The Morgan fingerprint density at radius 2 is 1.59 bits per heavy atom. The summed E-state index contributed by atoms with van der Waals surface area (Å²) in [7, 11) is 0. The van der Waals surface area contributed by atoms with E-state index in [0.29, 0.717) is 17.6 Å². The van der Waals surface area contributed by atoms with Gasteiger partial charge in [0.15, 0.2) is 0 Å². The molecule has 2 bridgehead atoms. The molecule has 0 radical (unpaired) electrons. The molecule has 2 aliphatic rings. The third-order valence-electron chi connectivity index (χ3n) is 4.76. The van der Waals surface area contributed by atoms with Crippen molar-refractivity contribution in [3.05, 3.63) is 66.7 Å². The second kappa shape index (κ2) is 5.45. The second-order valence-electron chi connectivity index (χ2n) is 6.20. The van der Waals surface area contributed by atoms with Gasteiger partial charge in [-0.3, -0.25) is 4.79 Å². The molecule has 2 heteroatoms. The lowest BCUT2D eigenvalue weighted by Gasteiger charge is -2.16. The molecule has 1 fully saturated rings. The van der Waals surface area contributed by atoms with Gasteiger partial charge in [0.05, 0.1) is 5.92 Å². The minimum absolute atomic E-state index is 0.0452. The minimum Gasteiger partial charge on any atom is -0.426 e. The molecule has 2 aliphatic carbocycles. The zero-order valence-corrected chi connectivity index (χ0v) is 12.3. The van der Waals surface area contributed by atoms with E-state index in [-0.39, 0.29) is 11.9 Å². The van der Waals surface area contributed by atoms with Crippen LogP contribution in [0.5, 0.6) is 5.75 Å². The molecule has 0 amide bonds. The van der Waals surface area contributed by atoms with Crippen LogP contribution in [0.15, 0.2) is 66.7 Å². The van der Waals surface area contributed by atoms with Crippen molar-refractivity contribution in [1.82, 2.24) is 0 Å². The molecule has 1 saturated carbocycles.